The van der Waals surface area contributed by atoms with Gasteiger partial charge in [0.15, 0.2) is 11.5 Å². The average molecular weight is 606 g/mol. The van der Waals surface area contributed by atoms with Crippen molar-refractivity contribution in [3.8, 4) is 17.2 Å². The number of halogens is 2. The molecule has 0 saturated heterocycles. The van der Waals surface area contributed by atoms with Gasteiger partial charge in [0.05, 0.1) is 58.0 Å². The molecule has 0 saturated carbocycles. The normalized spacial score (nSPS) is 12.2. The summed E-state index contributed by atoms with van der Waals surface area (Å²) in [4.78, 5) is 19.7. The number of benzene rings is 2. The van der Waals surface area contributed by atoms with Gasteiger partial charge in [-0.15, -0.1) is 0 Å². The van der Waals surface area contributed by atoms with Gasteiger partial charge in [0.1, 0.15) is 5.75 Å². The molecule has 0 aliphatic rings. The molecule has 16 heteroatoms. The minimum absolute atomic E-state index is 0. The average Bonchev–Trinajstić information content (AvgIpc) is 3.28. The maximum absolute atomic E-state index is 14.0. The van der Waals surface area contributed by atoms with Gasteiger partial charge in [-0.25, -0.2) is 22.2 Å². The molecule has 0 radical (unpaired) electrons. The van der Waals surface area contributed by atoms with Crippen molar-refractivity contribution in [3.05, 3.63) is 65.5 Å². The molecule has 1 N–H and O–H groups in total. The molecule has 0 aliphatic carbocycles. The summed E-state index contributed by atoms with van der Waals surface area (Å²) in [7, 11) is -4.11. The fourth-order valence-electron chi connectivity index (χ4n) is 3.93. The SMILES string of the molecule is COc1ccnc(CS(=O)c2nc3ccc(OC(F)F)cc3n2S(=O)(=O)c2cccc(C(=O)O)c2C)c1OC.[H-].[Na+]. The summed E-state index contributed by atoms with van der Waals surface area (Å²) >= 11 is 0. The molecule has 11 nitrogen and oxygen atoms in total. The first kappa shape index (κ1) is 31.4. The van der Waals surface area contributed by atoms with Gasteiger partial charge in [0.25, 0.3) is 10.0 Å². The molecule has 1 atom stereocenters. The number of imidazole rings is 1. The van der Waals surface area contributed by atoms with Gasteiger partial charge in [-0.05, 0) is 36.8 Å². The van der Waals surface area contributed by atoms with E-state index in [1.54, 1.807) is 0 Å². The zero-order valence-corrected chi connectivity index (χ0v) is 25.3. The number of pyridine rings is 1. The quantitative estimate of drug-likeness (QED) is 0.257. The Kier molecular flexibility index (Phi) is 9.89. The number of rotatable bonds is 10. The van der Waals surface area contributed by atoms with Crippen molar-refractivity contribution in [2.24, 2.45) is 0 Å². The monoisotopic (exact) mass is 605 g/mol. The number of carboxylic acids is 1. The molecule has 0 fully saturated rings. The van der Waals surface area contributed by atoms with Crippen LogP contribution in [0.1, 0.15) is 23.0 Å². The van der Waals surface area contributed by atoms with E-state index < -0.39 is 43.5 Å². The topological polar surface area (TPSA) is 147 Å². The van der Waals surface area contributed by atoms with Crippen LogP contribution in [0.3, 0.4) is 0 Å². The molecule has 0 amide bonds. The van der Waals surface area contributed by atoms with Crippen LogP contribution >= 0.6 is 0 Å². The Bertz CT molecular complexity index is 1720. The van der Waals surface area contributed by atoms with Crippen LogP contribution in [-0.2, 0) is 26.6 Å². The Balaban J connectivity index is 0.00000294. The van der Waals surface area contributed by atoms with E-state index in [1.807, 2.05) is 0 Å². The zero-order valence-electron chi connectivity index (χ0n) is 22.6. The molecule has 2 aromatic heterocycles. The summed E-state index contributed by atoms with van der Waals surface area (Å²) in [5.41, 5.74) is -0.366. The maximum atomic E-state index is 14.0. The molecule has 2 aromatic carbocycles. The smallest absolute Gasteiger partial charge is 1.00 e. The van der Waals surface area contributed by atoms with Crippen LogP contribution in [0.2, 0.25) is 0 Å². The number of fused-ring (bicyclic) bond motifs is 1. The van der Waals surface area contributed by atoms with Gasteiger partial charge < -0.3 is 20.7 Å². The Morgan fingerprint density at radius 1 is 1.18 bits per heavy atom. The van der Waals surface area contributed by atoms with Crippen LogP contribution in [0.5, 0.6) is 17.2 Å². The van der Waals surface area contributed by atoms with Crippen molar-refractivity contribution >= 4 is 37.8 Å². The molecular formula is C24H22F2N3NaO8S2. The predicted molar refractivity (Wildman–Crippen MR) is 136 cm³/mol. The maximum Gasteiger partial charge on any atom is 1.00 e. The second-order valence-electron chi connectivity index (χ2n) is 7.91. The summed E-state index contributed by atoms with van der Waals surface area (Å²) in [6, 6.07) is 8.61. The Morgan fingerprint density at radius 3 is 2.52 bits per heavy atom. The van der Waals surface area contributed by atoms with E-state index in [-0.39, 0.29) is 76.1 Å². The number of hydrogen-bond donors (Lipinski definition) is 1. The number of aromatic nitrogens is 3. The minimum Gasteiger partial charge on any atom is -1.00 e. The third-order valence-corrected chi connectivity index (χ3v) is 8.83. The number of carboxylic acid groups (broad SMARTS) is 1. The van der Waals surface area contributed by atoms with E-state index in [0.717, 1.165) is 12.1 Å². The molecule has 0 spiro atoms. The molecule has 2 heterocycles. The summed E-state index contributed by atoms with van der Waals surface area (Å²) < 4.78 is 83.1. The number of nitrogens with zero attached hydrogens (tertiary/aromatic N) is 3. The van der Waals surface area contributed by atoms with Crippen LogP contribution in [0.25, 0.3) is 11.0 Å². The van der Waals surface area contributed by atoms with E-state index >= 15 is 0 Å². The number of aromatic carboxylic acids is 1. The summed E-state index contributed by atoms with van der Waals surface area (Å²) in [5.74, 6) is -1.59. The summed E-state index contributed by atoms with van der Waals surface area (Å²) in [6.07, 6.45) is 1.39. The Hall–Kier alpha value is -3.11. The van der Waals surface area contributed by atoms with Gasteiger partial charge in [-0.2, -0.15) is 8.78 Å². The molecule has 0 aliphatic heterocycles. The van der Waals surface area contributed by atoms with Gasteiger partial charge in [0.2, 0.25) is 5.16 Å². The number of alkyl halides is 2. The molecule has 40 heavy (non-hydrogen) atoms. The van der Waals surface area contributed by atoms with E-state index in [9.17, 15) is 31.3 Å². The second kappa shape index (κ2) is 12.6. The van der Waals surface area contributed by atoms with Crippen molar-refractivity contribution in [1.29, 1.82) is 0 Å². The Morgan fingerprint density at radius 2 is 1.90 bits per heavy atom. The number of ether oxygens (including phenoxy) is 3. The molecule has 208 valence electrons. The molecule has 4 aromatic rings. The van der Waals surface area contributed by atoms with Crippen molar-refractivity contribution < 1.29 is 76.5 Å². The van der Waals surface area contributed by atoms with Gasteiger partial charge in [-0.1, -0.05) is 6.07 Å². The minimum atomic E-state index is -4.67. The van der Waals surface area contributed by atoms with Crippen LogP contribution in [0, 0.1) is 6.92 Å². The fraction of sp³-hybridized carbons (Fsp3) is 0.208. The molecule has 1 unspecified atom stereocenters. The second-order valence-corrected chi connectivity index (χ2v) is 11.0. The van der Waals surface area contributed by atoms with Crippen molar-refractivity contribution in [3.63, 3.8) is 0 Å². The number of methoxy groups -OCH3 is 2. The van der Waals surface area contributed by atoms with Gasteiger partial charge >= 0.3 is 42.1 Å². The summed E-state index contributed by atoms with van der Waals surface area (Å²) in [5, 5.41) is 9.05. The Labute approximate surface area is 253 Å². The molecule has 0 bridgehead atoms. The largest absolute Gasteiger partial charge is 1.00 e. The van der Waals surface area contributed by atoms with Gasteiger partial charge in [0, 0.05) is 18.3 Å². The van der Waals surface area contributed by atoms with Gasteiger partial charge in [-0.3, -0.25) is 9.19 Å². The molecule has 4 rings (SSSR count). The predicted octanol–water partition coefficient (Wildman–Crippen LogP) is 0.718. The van der Waals surface area contributed by atoms with Crippen LogP contribution in [0.15, 0.2) is 58.7 Å². The van der Waals surface area contributed by atoms with Crippen LogP contribution in [-0.4, -0.2) is 58.5 Å². The van der Waals surface area contributed by atoms with E-state index in [2.05, 4.69) is 14.7 Å². The van der Waals surface area contributed by atoms with Crippen LogP contribution < -0.4 is 43.8 Å². The summed E-state index contributed by atoms with van der Waals surface area (Å²) in [6.45, 7) is -1.88. The third-order valence-electron chi connectivity index (χ3n) is 5.65. The first-order valence-corrected chi connectivity index (χ1v) is 13.8. The van der Waals surface area contributed by atoms with Crippen LogP contribution in [0.4, 0.5) is 8.78 Å². The zero-order chi connectivity index (χ0) is 28.5. The fourth-order valence-corrected chi connectivity index (χ4v) is 7.14. The van der Waals surface area contributed by atoms with E-state index in [0.29, 0.717) is 9.72 Å². The standard InChI is InChI=1S/C24H21F2N3O8S2.Na.H/c1-13-15(22(30)31)5-4-6-20(13)39(33,34)29-18-11-14(37-23(25)26)7-8-16(18)28-24(29)38(32)12-17-21(36-3)19(35-2)9-10-27-17;;/h4-11,23H,12H2,1-3H3,(H,30,31);;/q;+1;-1. The van der Waals surface area contributed by atoms with E-state index in [4.69, 9.17) is 9.47 Å². The number of carbonyl (C=O) groups is 1. The van der Waals surface area contributed by atoms with Crippen molar-refractivity contribution in [1.82, 2.24) is 13.9 Å². The first-order valence-electron chi connectivity index (χ1n) is 11.0. The molecular weight excluding hydrogens is 583 g/mol. The van der Waals surface area contributed by atoms with E-state index in [1.165, 1.54) is 57.7 Å². The first-order chi connectivity index (χ1) is 18.5. The van der Waals surface area contributed by atoms with Crippen molar-refractivity contribution in [2.75, 3.05) is 14.2 Å². The number of hydrogen-bond acceptors (Lipinski definition) is 9. The third kappa shape index (κ3) is 5.98. The van der Waals surface area contributed by atoms with Crippen molar-refractivity contribution in [2.45, 2.75) is 29.3 Å².